The zero-order valence-electron chi connectivity index (χ0n) is 9.11. The first kappa shape index (κ1) is 9.71. The zero-order chi connectivity index (χ0) is 11.8. The van der Waals surface area contributed by atoms with Gasteiger partial charge in [-0.3, -0.25) is 14.3 Å². The minimum absolute atomic E-state index is 0.189. The maximum Gasteiger partial charge on any atom is 0.275 e. The highest BCUT2D eigenvalue weighted by atomic mass is 16.1. The van der Waals surface area contributed by atoms with E-state index in [0.29, 0.717) is 11.6 Å². The molecule has 0 bridgehead atoms. The highest BCUT2D eigenvalue weighted by molar-refractivity contribution is 5.56. The first-order chi connectivity index (χ1) is 8.27. The Morgan fingerprint density at radius 1 is 1.12 bits per heavy atom. The average molecular weight is 227 g/mol. The monoisotopic (exact) mass is 227 g/mol. The van der Waals surface area contributed by atoms with Gasteiger partial charge in [0.2, 0.25) is 5.78 Å². The minimum atomic E-state index is -0.189. The molecular weight excluding hydrogens is 218 g/mol. The van der Waals surface area contributed by atoms with Crippen molar-refractivity contribution < 1.29 is 0 Å². The molecule has 3 heterocycles. The van der Waals surface area contributed by atoms with Crippen molar-refractivity contribution in [1.82, 2.24) is 24.1 Å². The average Bonchev–Trinajstić information content (AvgIpc) is 2.70. The predicted molar refractivity (Wildman–Crippen MR) is 61.5 cm³/mol. The largest absolute Gasteiger partial charge is 0.296 e. The Bertz CT molecular complexity index is 728. The fourth-order valence-corrected chi connectivity index (χ4v) is 1.72. The van der Waals surface area contributed by atoms with E-state index < -0.39 is 0 Å². The number of fused-ring (bicyclic) bond motifs is 1. The molecule has 0 radical (unpaired) electrons. The Kier molecular flexibility index (Phi) is 2.01. The Labute approximate surface area is 96.2 Å². The summed E-state index contributed by atoms with van der Waals surface area (Å²) in [6.45, 7) is 0. The molecule has 0 unspecified atom stereocenters. The molecule has 17 heavy (non-hydrogen) atoms. The topological polar surface area (TPSA) is 65.1 Å². The van der Waals surface area contributed by atoms with Crippen LogP contribution in [-0.4, -0.2) is 24.1 Å². The van der Waals surface area contributed by atoms with Gasteiger partial charge in [0.15, 0.2) is 5.82 Å². The van der Waals surface area contributed by atoms with E-state index in [-0.39, 0.29) is 5.56 Å². The molecule has 84 valence electrons. The van der Waals surface area contributed by atoms with Gasteiger partial charge in [0.25, 0.3) is 5.56 Å². The first-order valence-electron chi connectivity index (χ1n) is 5.08. The van der Waals surface area contributed by atoms with Gasteiger partial charge in [-0.05, 0) is 12.1 Å². The standard InChI is InChI=1S/C11H9N5O/c1-15-10(8-2-5-12-6-3-8)14-16-9(17)4-7-13-11(15)16/h2-7H,1H3. The molecule has 3 aromatic rings. The molecule has 0 fully saturated rings. The summed E-state index contributed by atoms with van der Waals surface area (Å²) in [4.78, 5) is 19.7. The van der Waals surface area contributed by atoms with Crippen LogP contribution in [0.5, 0.6) is 0 Å². The molecule has 0 aromatic carbocycles. The van der Waals surface area contributed by atoms with E-state index in [1.807, 2.05) is 19.2 Å². The SMILES string of the molecule is Cn1c(-c2ccncc2)nn2c(=O)ccnc12. The summed E-state index contributed by atoms with van der Waals surface area (Å²) >= 11 is 0. The molecule has 3 aromatic heterocycles. The molecule has 0 aliphatic carbocycles. The zero-order valence-corrected chi connectivity index (χ0v) is 9.11. The van der Waals surface area contributed by atoms with Crippen molar-refractivity contribution >= 4 is 5.78 Å². The summed E-state index contributed by atoms with van der Waals surface area (Å²) in [7, 11) is 1.82. The van der Waals surface area contributed by atoms with Crippen LogP contribution >= 0.6 is 0 Å². The molecular formula is C11H9N5O. The van der Waals surface area contributed by atoms with Gasteiger partial charge in [-0.2, -0.15) is 4.52 Å². The van der Waals surface area contributed by atoms with E-state index in [9.17, 15) is 4.79 Å². The maximum atomic E-state index is 11.6. The van der Waals surface area contributed by atoms with Crippen LogP contribution in [0.25, 0.3) is 17.2 Å². The van der Waals surface area contributed by atoms with Crippen LogP contribution < -0.4 is 5.56 Å². The Morgan fingerprint density at radius 3 is 2.59 bits per heavy atom. The van der Waals surface area contributed by atoms with E-state index in [0.717, 1.165) is 5.56 Å². The molecule has 0 aliphatic heterocycles. The Balaban J connectivity index is 2.36. The fraction of sp³-hybridized carbons (Fsp3) is 0.0909. The fourth-order valence-electron chi connectivity index (χ4n) is 1.72. The summed E-state index contributed by atoms with van der Waals surface area (Å²) in [5.74, 6) is 1.20. The third kappa shape index (κ3) is 1.42. The van der Waals surface area contributed by atoms with Crippen LogP contribution in [0.4, 0.5) is 0 Å². The highest BCUT2D eigenvalue weighted by Gasteiger charge is 2.10. The number of aryl methyl sites for hydroxylation is 1. The Morgan fingerprint density at radius 2 is 1.88 bits per heavy atom. The van der Waals surface area contributed by atoms with Crippen molar-refractivity contribution in [2.24, 2.45) is 7.05 Å². The van der Waals surface area contributed by atoms with Crippen molar-refractivity contribution in [1.29, 1.82) is 0 Å². The molecule has 6 heteroatoms. The van der Waals surface area contributed by atoms with Gasteiger partial charge < -0.3 is 0 Å². The van der Waals surface area contributed by atoms with E-state index in [4.69, 9.17) is 0 Å². The number of pyridine rings is 1. The lowest BCUT2D eigenvalue weighted by molar-refractivity contribution is 0.891. The van der Waals surface area contributed by atoms with Crippen LogP contribution in [0.1, 0.15) is 0 Å². The van der Waals surface area contributed by atoms with E-state index >= 15 is 0 Å². The van der Waals surface area contributed by atoms with Crippen molar-refractivity contribution in [3.63, 3.8) is 0 Å². The number of aromatic nitrogens is 5. The molecule has 0 amide bonds. The summed E-state index contributed by atoms with van der Waals surface area (Å²) in [6.07, 6.45) is 4.85. The lowest BCUT2D eigenvalue weighted by Gasteiger charge is -1.98. The number of rotatable bonds is 1. The normalized spacial score (nSPS) is 10.9. The van der Waals surface area contributed by atoms with Crippen molar-refractivity contribution in [3.05, 3.63) is 47.1 Å². The predicted octanol–water partition coefficient (Wildman–Crippen LogP) is 0.490. The number of hydrogen-bond donors (Lipinski definition) is 0. The van der Waals surface area contributed by atoms with Gasteiger partial charge in [0, 0.05) is 37.3 Å². The quantitative estimate of drug-likeness (QED) is 0.607. The van der Waals surface area contributed by atoms with Crippen molar-refractivity contribution in [2.75, 3.05) is 0 Å². The van der Waals surface area contributed by atoms with Gasteiger partial charge in [0.1, 0.15) is 0 Å². The maximum absolute atomic E-state index is 11.6. The van der Waals surface area contributed by atoms with E-state index in [1.165, 1.54) is 16.8 Å². The number of nitrogens with zero attached hydrogens (tertiary/aromatic N) is 5. The first-order valence-corrected chi connectivity index (χ1v) is 5.08. The summed E-state index contributed by atoms with van der Waals surface area (Å²) in [6, 6.07) is 5.06. The molecule has 6 nitrogen and oxygen atoms in total. The second kappa shape index (κ2) is 3.51. The molecule has 0 atom stereocenters. The second-order valence-electron chi connectivity index (χ2n) is 3.61. The van der Waals surface area contributed by atoms with Gasteiger partial charge in [0.05, 0.1) is 0 Å². The van der Waals surface area contributed by atoms with Gasteiger partial charge in [-0.15, -0.1) is 5.10 Å². The van der Waals surface area contributed by atoms with Crippen LogP contribution in [0.2, 0.25) is 0 Å². The molecule has 0 spiro atoms. The third-order valence-corrected chi connectivity index (χ3v) is 2.56. The number of hydrogen-bond acceptors (Lipinski definition) is 4. The van der Waals surface area contributed by atoms with Crippen LogP contribution in [0.3, 0.4) is 0 Å². The minimum Gasteiger partial charge on any atom is -0.296 e. The van der Waals surface area contributed by atoms with Crippen LogP contribution in [-0.2, 0) is 7.05 Å². The van der Waals surface area contributed by atoms with E-state index in [1.54, 1.807) is 17.0 Å². The smallest absolute Gasteiger partial charge is 0.275 e. The van der Waals surface area contributed by atoms with Gasteiger partial charge in [-0.1, -0.05) is 0 Å². The third-order valence-electron chi connectivity index (χ3n) is 2.56. The van der Waals surface area contributed by atoms with Crippen LogP contribution in [0.15, 0.2) is 41.6 Å². The van der Waals surface area contributed by atoms with Gasteiger partial charge in [-0.25, -0.2) is 4.98 Å². The highest BCUT2D eigenvalue weighted by Crippen LogP contribution is 2.15. The molecule has 0 saturated heterocycles. The van der Waals surface area contributed by atoms with Crippen molar-refractivity contribution in [3.8, 4) is 11.4 Å². The molecule has 3 rings (SSSR count). The lowest BCUT2D eigenvalue weighted by Crippen LogP contribution is -2.13. The Hall–Kier alpha value is -2.50. The summed E-state index contributed by atoms with van der Waals surface area (Å²) in [5, 5.41) is 4.26. The van der Waals surface area contributed by atoms with E-state index in [2.05, 4.69) is 15.1 Å². The summed E-state index contributed by atoms with van der Waals surface area (Å²) in [5.41, 5.74) is 0.707. The van der Waals surface area contributed by atoms with Crippen LogP contribution in [0, 0.1) is 0 Å². The summed E-state index contributed by atoms with van der Waals surface area (Å²) < 4.78 is 3.06. The molecule has 0 saturated carbocycles. The van der Waals surface area contributed by atoms with Gasteiger partial charge >= 0.3 is 0 Å². The lowest BCUT2D eigenvalue weighted by atomic mass is 10.2. The molecule has 0 aliphatic rings. The molecule has 0 N–H and O–H groups in total. The second-order valence-corrected chi connectivity index (χ2v) is 3.61. The van der Waals surface area contributed by atoms with Crippen molar-refractivity contribution in [2.45, 2.75) is 0 Å².